The number of fused-ring (bicyclic) bond motifs is 1. The van der Waals surface area contributed by atoms with E-state index in [2.05, 4.69) is 0 Å². The average Bonchev–Trinajstić information content (AvgIpc) is 2.63. The number of phenols is 1. The first kappa shape index (κ1) is 20.8. The fourth-order valence-corrected chi connectivity index (χ4v) is 3.76. The Balaban J connectivity index is 2.44. The summed E-state index contributed by atoms with van der Waals surface area (Å²) in [6, 6.07) is 10.9. The highest BCUT2D eigenvalue weighted by Crippen LogP contribution is 2.43. The minimum Gasteiger partial charge on any atom is -0.507 e. The van der Waals surface area contributed by atoms with Crippen LogP contribution in [0.1, 0.15) is 74.2 Å². The molecule has 1 aliphatic carbocycles. The molecule has 4 nitrogen and oxygen atoms in total. The van der Waals surface area contributed by atoms with Crippen molar-refractivity contribution < 1.29 is 19.4 Å². The van der Waals surface area contributed by atoms with Crippen molar-refractivity contribution in [3.63, 3.8) is 0 Å². The summed E-state index contributed by atoms with van der Waals surface area (Å²) in [5.41, 5.74) is 3.31. The third-order valence-corrected chi connectivity index (χ3v) is 5.30. The number of ether oxygens (including phenoxy) is 1. The summed E-state index contributed by atoms with van der Waals surface area (Å²) in [6.07, 6.45) is 0. The molecule has 0 saturated heterocycles. The summed E-state index contributed by atoms with van der Waals surface area (Å²) >= 11 is 0. The van der Waals surface area contributed by atoms with Crippen LogP contribution in [0.5, 0.6) is 5.75 Å². The van der Waals surface area contributed by atoms with Gasteiger partial charge >= 0.3 is 0 Å². The molecule has 0 aliphatic heterocycles. The second-order valence-corrected chi connectivity index (χ2v) is 9.53. The van der Waals surface area contributed by atoms with Gasteiger partial charge in [0, 0.05) is 22.3 Å². The molecule has 2 aromatic rings. The Bertz CT molecular complexity index is 1010. The van der Waals surface area contributed by atoms with Crippen molar-refractivity contribution in [3.05, 3.63) is 70.0 Å². The van der Waals surface area contributed by atoms with Gasteiger partial charge in [0.05, 0.1) is 7.11 Å². The number of allylic oxidation sites excluding steroid dienone is 1. The van der Waals surface area contributed by atoms with Gasteiger partial charge in [-0.1, -0.05) is 65.8 Å². The zero-order valence-corrected chi connectivity index (χ0v) is 18.1. The van der Waals surface area contributed by atoms with E-state index < -0.39 is 11.6 Å². The van der Waals surface area contributed by atoms with Crippen LogP contribution >= 0.6 is 0 Å². The van der Waals surface area contributed by atoms with Gasteiger partial charge in [-0.05, 0) is 34.1 Å². The number of Topliss-reactive ketones (excluding diaryl/α,β-unsaturated/α-hetero) is 2. The van der Waals surface area contributed by atoms with E-state index in [0.29, 0.717) is 16.7 Å². The smallest absolute Gasteiger partial charge is 0.268 e. The average molecular weight is 392 g/mol. The van der Waals surface area contributed by atoms with E-state index >= 15 is 0 Å². The minimum absolute atomic E-state index is 0.0408. The number of hydrogen-bond acceptors (Lipinski definition) is 4. The molecule has 0 fully saturated rings. The first-order valence-electron chi connectivity index (χ1n) is 9.73. The van der Waals surface area contributed by atoms with Gasteiger partial charge in [-0.2, -0.15) is 0 Å². The van der Waals surface area contributed by atoms with Crippen molar-refractivity contribution >= 4 is 17.1 Å². The van der Waals surface area contributed by atoms with E-state index in [0.717, 1.165) is 16.7 Å². The summed E-state index contributed by atoms with van der Waals surface area (Å²) in [5, 5.41) is 11.0. The first-order valence-corrected chi connectivity index (χ1v) is 9.73. The number of aromatic hydroxyl groups is 1. The van der Waals surface area contributed by atoms with Crippen LogP contribution in [0.2, 0.25) is 0 Å². The normalized spacial score (nSPS) is 14.9. The van der Waals surface area contributed by atoms with Crippen molar-refractivity contribution in [2.24, 2.45) is 0 Å². The number of hydrogen-bond donors (Lipinski definition) is 1. The van der Waals surface area contributed by atoms with Crippen LogP contribution in [0.4, 0.5) is 0 Å². The van der Waals surface area contributed by atoms with E-state index in [9.17, 15) is 14.7 Å². The van der Waals surface area contributed by atoms with E-state index in [4.69, 9.17) is 4.74 Å². The topological polar surface area (TPSA) is 63.6 Å². The molecule has 0 bridgehead atoms. The number of benzene rings is 2. The van der Waals surface area contributed by atoms with Gasteiger partial charge in [-0.25, -0.2) is 0 Å². The maximum atomic E-state index is 12.8. The zero-order valence-electron chi connectivity index (χ0n) is 18.1. The predicted molar refractivity (Wildman–Crippen MR) is 114 cm³/mol. The fourth-order valence-electron chi connectivity index (χ4n) is 3.76. The first-order chi connectivity index (χ1) is 13.4. The number of carbonyl (C=O) groups is 2. The molecule has 1 aliphatic rings. The Labute approximate surface area is 172 Å². The standard InChI is InChI=1S/C25H28O4/c1-24(2,3)17-12-14(13-18(21(17)27)25(4,5)6)19-15-10-8-9-11-16(15)20(26)22(28)23(19)29-7/h8-13,27H,1-7H3. The molecular weight excluding hydrogens is 364 g/mol. The van der Waals surface area contributed by atoms with Gasteiger partial charge in [0.2, 0.25) is 5.78 Å². The molecule has 4 heteroatoms. The highest BCUT2D eigenvalue weighted by Gasteiger charge is 2.36. The lowest BCUT2D eigenvalue weighted by molar-refractivity contribution is -0.114. The van der Waals surface area contributed by atoms with Crippen LogP contribution in [-0.2, 0) is 20.4 Å². The second kappa shape index (κ2) is 6.87. The van der Waals surface area contributed by atoms with Crippen molar-refractivity contribution in [2.45, 2.75) is 52.4 Å². The maximum absolute atomic E-state index is 12.8. The summed E-state index contributed by atoms with van der Waals surface area (Å²) < 4.78 is 5.43. The van der Waals surface area contributed by atoms with Crippen LogP contribution in [-0.4, -0.2) is 23.8 Å². The van der Waals surface area contributed by atoms with Crippen LogP contribution < -0.4 is 0 Å². The number of ketones is 2. The molecule has 0 atom stereocenters. The number of carbonyl (C=O) groups excluding carboxylic acids is 2. The maximum Gasteiger partial charge on any atom is 0.268 e. The van der Waals surface area contributed by atoms with Gasteiger partial charge in [-0.15, -0.1) is 0 Å². The number of methoxy groups -OCH3 is 1. The minimum atomic E-state index is -0.649. The molecule has 2 aromatic carbocycles. The molecule has 0 aromatic heterocycles. The van der Waals surface area contributed by atoms with Gasteiger partial charge < -0.3 is 9.84 Å². The fraction of sp³-hybridized carbons (Fsp3) is 0.360. The predicted octanol–water partition coefficient (Wildman–Crippen LogP) is 5.16. The quantitative estimate of drug-likeness (QED) is 0.717. The highest BCUT2D eigenvalue weighted by atomic mass is 16.5. The van der Waals surface area contributed by atoms with E-state index in [1.54, 1.807) is 12.1 Å². The summed E-state index contributed by atoms with van der Waals surface area (Å²) in [6.45, 7) is 12.2. The van der Waals surface area contributed by atoms with Crippen LogP contribution in [0.25, 0.3) is 5.57 Å². The lowest BCUT2D eigenvalue weighted by Crippen LogP contribution is -2.25. The molecule has 3 rings (SSSR count). The monoisotopic (exact) mass is 392 g/mol. The lowest BCUT2D eigenvalue weighted by atomic mass is 9.76. The Morgan fingerprint density at radius 2 is 1.28 bits per heavy atom. The van der Waals surface area contributed by atoms with Crippen LogP contribution in [0.3, 0.4) is 0 Å². The van der Waals surface area contributed by atoms with E-state index in [1.165, 1.54) is 7.11 Å². The highest BCUT2D eigenvalue weighted by molar-refractivity contribution is 6.52. The molecular formula is C25H28O4. The molecule has 0 unspecified atom stereocenters. The molecule has 0 amide bonds. The van der Waals surface area contributed by atoms with Crippen molar-refractivity contribution in [1.82, 2.24) is 0 Å². The van der Waals surface area contributed by atoms with Crippen LogP contribution in [0, 0.1) is 0 Å². The Morgan fingerprint density at radius 1 is 0.793 bits per heavy atom. The Kier molecular flexibility index (Phi) is 4.94. The summed E-state index contributed by atoms with van der Waals surface area (Å²) in [5.74, 6) is -0.908. The third-order valence-electron chi connectivity index (χ3n) is 5.30. The third kappa shape index (κ3) is 3.48. The van der Waals surface area contributed by atoms with E-state index in [1.807, 2.05) is 65.8 Å². The molecule has 29 heavy (non-hydrogen) atoms. The van der Waals surface area contributed by atoms with Crippen LogP contribution in [0.15, 0.2) is 42.2 Å². The molecule has 0 radical (unpaired) electrons. The largest absolute Gasteiger partial charge is 0.507 e. The van der Waals surface area contributed by atoms with Gasteiger partial charge in [0.1, 0.15) is 5.75 Å². The Morgan fingerprint density at radius 3 is 1.72 bits per heavy atom. The lowest BCUT2D eigenvalue weighted by Gasteiger charge is -2.29. The number of rotatable bonds is 2. The summed E-state index contributed by atoms with van der Waals surface area (Å²) in [4.78, 5) is 25.3. The van der Waals surface area contributed by atoms with Crippen molar-refractivity contribution in [2.75, 3.05) is 7.11 Å². The second-order valence-electron chi connectivity index (χ2n) is 9.53. The zero-order chi connectivity index (χ0) is 21.7. The molecule has 152 valence electrons. The Hall–Kier alpha value is -2.88. The van der Waals surface area contributed by atoms with E-state index in [-0.39, 0.29) is 22.3 Å². The van der Waals surface area contributed by atoms with Gasteiger partial charge in [0.15, 0.2) is 5.76 Å². The van der Waals surface area contributed by atoms with Gasteiger partial charge in [-0.3, -0.25) is 9.59 Å². The van der Waals surface area contributed by atoms with Crippen molar-refractivity contribution in [3.8, 4) is 5.75 Å². The summed E-state index contributed by atoms with van der Waals surface area (Å²) in [7, 11) is 1.41. The van der Waals surface area contributed by atoms with Gasteiger partial charge in [0.25, 0.3) is 5.78 Å². The number of phenolic OH excluding ortho intramolecular Hbond substituents is 1. The molecule has 0 heterocycles. The molecule has 0 spiro atoms. The molecule has 1 N–H and O–H groups in total. The van der Waals surface area contributed by atoms with Crippen molar-refractivity contribution in [1.29, 1.82) is 0 Å². The molecule has 0 saturated carbocycles. The SMILES string of the molecule is COC1=C(c2cc(C(C)(C)C)c(O)c(C(C)(C)C)c2)c2ccccc2C(=O)C1=O.